The Kier molecular flexibility index (Phi) is 6.40. The normalized spacial score (nSPS) is 23.0. The predicted octanol–water partition coefficient (Wildman–Crippen LogP) is 6.46. The van der Waals surface area contributed by atoms with Crippen LogP contribution in [-0.2, 0) is 11.3 Å². The molecule has 1 amide bonds. The van der Waals surface area contributed by atoms with E-state index in [0.29, 0.717) is 5.92 Å². The van der Waals surface area contributed by atoms with E-state index in [-0.39, 0.29) is 11.8 Å². The molecule has 0 radical (unpaired) electrons. The molecule has 3 nitrogen and oxygen atoms in total. The Morgan fingerprint density at radius 1 is 0.871 bits per heavy atom. The van der Waals surface area contributed by atoms with Gasteiger partial charge in [0, 0.05) is 12.2 Å². The van der Waals surface area contributed by atoms with E-state index in [1.165, 1.54) is 81.1 Å². The topological polar surface area (TPSA) is 32.3 Å². The number of likely N-dealkylation sites (tertiary alicyclic amines) is 1. The van der Waals surface area contributed by atoms with Crippen molar-refractivity contribution >= 4 is 11.6 Å². The van der Waals surface area contributed by atoms with Gasteiger partial charge < -0.3 is 5.32 Å². The lowest BCUT2D eigenvalue weighted by Gasteiger charge is -2.32. The fourth-order valence-corrected chi connectivity index (χ4v) is 6.00. The van der Waals surface area contributed by atoms with Crippen molar-refractivity contribution in [2.45, 2.75) is 76.2 Å². The van der Waals surface area contributed by atoms with Crippen molar-refractivity contribution in [3.8, 4) is 0 Å². The molecule has 164 valence electrons. The van der Waals surface area contributed by atoms with Gasteiger partial charge in [0.05, 0.1) is 5.92 Å². The molecule has 1 saturated heterocycles. The second kappa shape index (κ2) is 9.56. The fourth-order valence-electron chi connectivity index (χ4n) is 6.00. The van der Waals surface area contributed by atoms with E-state index in [1.54, 1.807) is 0 Å². The summed E-state index contributed by atoms with van der Waals surface area (Å²) in [6.07, 6.45) is 11.4. The lowest BCUT2D eigenvalue weighted by atomic mass is 9.82. The standard InChI is InChI=1S/C28H36N2O/c31-28-25(26-19-24(12-14-27(26)29-28)23-9-5-2-6-10-23)13-11-21-15-17-30(18-16-21)20-22-7-3-1-4-8-22/h1,3-4,7-8,12,14,19,21,23,25H,2,5-6,9-11,13,15-18,20H2,(H,29,31). The number of piperidine rings is 1. The minimum Gasteiger partial charge on any atom is -0.325 e. The van der Waals surface area contributed by atoms with E-state index in [4.69, 9.17) is 0 Å². The molecule has 1 atom stereocenters. The summed E-state index contributed by atoms with van der Waals surface area (Å²) in [5, 5.41) is 3.15. The van der Waals surface area contributed by atoms with Gasteiger partial charge in [-0.25, -0.2) is 0 Å². The van der Waals surface area contributed by atoms with Gasteiger partial charge in [0.2, 0.25) is 5.91 Å². The van der Waals surface area contributed by atoms with Gasteiger partial charge in [-0.1, -0.05) is 61.7 Å². The first kappa shape index (κ1) is 20.8. The summed E-state index contributed by atoms with van der Waals surface area (Å²) in [6.45, 7) is 3.42. The molecule has 0 aromatic heterocycles. The Morgan fingerprint density at radius 3 is 2.42 bits per heavy atom. The summed E-state index contributed by atoms with van der Waals surface area (Å²) in [7, 11) is 0. The van der Waals surface area contributed by atoms with Gasteiger partial charge in [0.25, 0.3) is 0 Å². The molecule has 1 unspecified atom stereocenters. The molecule has 3 heteroatoms. The maximum absolute atomic E-state index is 12.7. The second-order valence-electron chi connectivity index (χ2n) is 10.0. The maximum atomic E-state index is 12.7. The molecule has 2 aliphatic heterocycles. The summed E-state index contributed by atoms with van der Waals surface area (Å²) in [5.74, 6) is 1.73. The maximum Gasteiger partial charge on any atom is 0.232 e. The van der Waals surface area contributed by atoms with Crippen molar-refractivity contribution in [2.24, 2.45) is 5.92 Å². The van der Waals surface area contributed by atoms with Crippen LogP contribution in [0.5, 0.6) is 0 Å². The van der Waals surface area contributed by atoms with Gasteiger partial charge in [0.15, 0.2) is 0 Å². The summed E-state index contributed by atoms with van der Waals surface area (Å²) < 4.78 is 0. The molecule has 3 aliphatic rings. The largest absolute Gasteiger partial charge is 0.325 e. The highest BCUT2D eigenvalue weighted by molar-refractivity contribution is 6.02. The van der Waals surface area contributed by atoms with E-state index >= 15 is 0 Å². The van der Waals surface area contributed by atoms with Crippen molar-refractivity contribution in [3.05, 3.63) is 65.2 Å². The van der Waals surface area contributed by atoms with Crippen LogP contribution in [0.1, 0.15) is 86.3 Å². The van der Waals surface area contributed by atoms with Crippen LogP contribution in [0.4, 0.5) is 5.69 Å². The van der Waals surface area contributed by atoms with Crippen LogP contribution in [-0.4, -0.2) is 23.9 Å². The highest BCUT2D eigenvalue weighted by Gasteiger charge is 2.32. The van der Waals surface area contributed by atoms with Crippen LogP contribution in [0, 0.1) is 5.92 Å². The molecule has 0 bridgehead atoms. The van der Waals surface area contributed by atoms with Gasteiger partial charge in [-0.15, -0.1) is 0 Å². The summed E-state index contributed by atoms with van der Waals surface area (Å²) in [4.78, 5) is 15.3. The molecular weight excluding hydrogens is 380 g/mol. The number of anilines is 1. The molecule has 31 heavy (non-hydrogen) atoms. The Balaban J connectivity index is 1.16. The van der Waals surface area contributed by atoms with Crippen LogP contribution in [0.2, 0.25) is 0 Å². The molecule has 5 rings (SSSR count). The van der Waals surface area contributed by atoms with E-state index in [9.17, 15) is 4.79 Å². The van der Waals surface area contributed by atoms with Gasteiger partial charge in [0.1, 0.15) is 0 Å². The zero-order valence-corrected chi connectivity index (χ0v) is 18.7. The van der Waals surface area contributed by atoms with Crippen molar-refractivity contribution in [2.75, 3.05) is 18.4 Å². The fraction of sp³-hybridized carbons (Fsp3) is 0.536. The van der Waals surface area contributed by atoms with Crippen LogP contribution in [0.3, 0.4) is 0 Å². The lowest BCUT2D eigenvalue weighted by molar-refractivity contribution is -0.117. The number of hydrogen-bond donors (Lipinski definition) is 1. The predicted molar refractivity (Wildman–Crippen MR) is 127 cm³/mol. The highest BCUT2D eigenvalue weighted by Crippen LogP contribution is 2.41. The third-order valence-corrected chi connectivity index (χ3v) is 7.92. The van der Waals surface area contributed by atoms with Crippen molar-refractivity contribution in [1.29, 1.82) is 0 Å². The quantitative estimate of drug-likeness (QED) is 0.586. The van der Waals surface area contributed by atoms with E-state index < -0.39 is 0 Å². The Labute approximate surface area is 187 Å². The van der Waals surface area contributed by atoms with Gasteiger partial charge >= 0.3 is 0 Å². The minimum atomic E-state index is 0.0564. The van der Waals surface area contributed by atoms with Crippen LogP contribution in [0.15, 0.2) is 48.5 Å². The van der Waals surface area contributed by atoms with Crippen molar-refractivity contribution in [3.63, 3.8) is 0 Å². The average Bonchev–Trinajstić information content (AvgIpc) is 3.14. The third-order valence-electron chi connectivity index (χ3n) is 7.92. The number of rotatable bonds is 6. The molecule has 0 spiro atoms. The smallest absolute Gasteiger partial charge is 0.232 e. The Morgan fingerprint density at radius 2 is 1.65 bits per heavy atom. The number of carbonyl (C=O) groups excluding carboxylic acids is 1. The number of carbonyl (C=O) groups is 1. The Bertz CT molecular complexity index is 879. The SMILES string of the molecule is O=C1Nc2ccc(C3CCCCC3)cc2C1CCC1CCN(Cc2ccccc2)CC1. The molecule has 2 aromatic carbocycles. The van der Waals surface area contributed by atoms with E-state index in [1.807, 2.05) is 0 Å². The molecule has 1 saturated carbocycles. The number of amides is 1. The zero-order valence-electron chi connectivity index (χ0n) is 18.7. The van der Waals surface area contributed by atoms with Gasteiger partial charge in [-0.3, -0.25) is 9.69 Å². The molecular formula is C28H36N2O. The van der Waals surface area contributed by atoms with E-state index in [0.717, 1.165) is 24.6 Å². The third kappa shape index (κ3) is 4.87. The first-order valence-corrected chi connectivity index (χ1v) is 12.5. The molecule has 2 aromatic rings. The second-order valence-corrected chi connectivity index (χ2v) is 10.0. The molecule has 1 aliphatic carbocycles. The summed E-state index contributed by atoms with van der Waals surface area (Å²) in [6, 6.07) is 17.6. The average molecular weight is 417 g/mol. The zero-order chi connectivity index (χ0) is 21.0. The van der Waals surface area contributed by atoms with Crippen LogP contribution in [0.25, 0.3) is 0 Å². The number of nitrogens with one attached hydrogen (secondary N) is 1. The molecule has 2 fully saturated rings. The number of fused-ring (bicyclic) bond motifs is 1. The Hall–Kier alpha value is -2.13. The van der Waals surface area contributed by atoms with Crippen LogP contribution >= 0.6 is 0 Å². The first-order valence-electron chi connectivity index (χ1n) is 12.5. The van der Waals surface area contributed by atoms with Crippen LogP contribution < -0.4 is 5.32 Å². The van der Waals surface area contributed by atoms with Crippen molar-refractivity contribution < 1.29 is 4.79 Å². The number of nitrogens with zero attached hydrogens (tertiary/aromatic N) is 1. The van der Waals surface area contributed by atoms with Gasteiger partial charge in [-0.05, 0) is 86.2 Å². The lowest BCUT2D eigenvalue weighted by Crippen LogP contribution is -2.33. The van der Waals surface area contributed by atoms with Crippen molar-refractivity contribution in [1.82, 2.24) is 4.90 Å². The first-order chi connectivity index (χ1) is 15.3. The molecule has 2 heterocycles. The minimum absolute atomic E-state index is 0.0564. The monoisotopic (exact) mass is 416 g/mol. The summed E-state index contributed by atoms with van der Waals surface area (Å²) >= 11 is 0. The number of hydrogen-bond acceptors (Lipinski definition) is 2. The van der Waals surface area contributed by atoms with E-state index in [2.05, 4.69) is 58.7 Å². The summed E-state index contributed by atoms with van der Waals surface area (Å²) in [5.41, 5.74) is 5.21. The van der Waals surface area contributed by atoms with Gasteiger partial charge in [-0.2, -0.15) is 0 Å². The number of benzene rings is 2. The highest BCUT2D eigenvalue weighted by atomic mass is 16.2. The molecule has 1 N–H and O–H groups in total.